The van der Waals surface area contributed by atoms with Crippen molar-refractivity contribution in [1.29, 1.82) is 0 Å². The number of amides is 2. The normalized spacial score (nSPS) is 16.8. The first-order valence-electron chi connectivity index (χ1n) is 10.0. The molecule has 0 radical (unpaired) electrons. The minimum atomic E-state index is -0.375. The second-order valence-corrected chi connectivity index (χ2v) is 7.55. The molecule has 1 aromatic carbocycles. The highest BCUT2D eigenvalue weighted by Gasteiger charge is 2.32. The maximum Gasteiger partial charge on any atom is 0.270 e. The molecule has 0 aliphatic carbocycles. The molecule has 2 amide bonds. The number of rotatable bonds is 5. The molecule has 4 rings (SSSR count). The van der Waals surface area contributed by atoms with Crippen LogP contribution in [0.1, 0.15) is 34.2 Å². The standard InChI is InChI=1S/C23H24FN3O3/c1-3-4-10-27-20(14-18-9-13-30-23(18)27)22(29)25-11-12-26(16(2)15-25)21(28)17-5-7-19(24)8-6-17/h3,5-9,13-14,16H,1,4,10-12,15H2,2H3/t16-/m0/s1. The third kappa shape index (κ3) is 3.63. The molecule has 1 atom stereocenters. The summed E-state index contributed by atoms with van der Waals surface area (Å²) in [6.07, 6.45) is 4.15. The van der Waals surface area contributed by atoms with E-state index in [0.717, 1.165) is 11.8 Å². The Bertz CT molecular complexity index is 1080. The van der Waals surface area contributed by atoms with Gasteiger partial charge >= 0.3 is 0 Å². The molecule has 156 valence electrons. The number of allylic oxidation sites excluding steroid dienone is 1. The average Bonchev–Trinajstić information content (AvgIpc) is 3.33. The third-order valence-corrected chi connectivity index (χ3v) is 5.55. The van der Waals surface area contributed by atoms with Crippen LogP contribution in [0.25, 0.3) is 11.1 Å². The van der Waals surface area contributed by atoms with Gasteiger partial charge in [-0.15, -0.1) is 6.58 Å². The summed E-state index contributed by atoms with van der Waals surface area (Å²) < 4.78 is 20.6. The van der Waals surface area contributed by atoms with Crippen LogP contribution < -0.4 is 0 Å². The number of hydrogen-bond donors (Lipinski definition) is 0. The van der Waals surface area contributed by atoms with Crippen LogP contribution in [0, 0.1) is 5.82 Å². The molecule has 0 bridgehead atoms. The molecule has 7 heteroatoms. The van der Waals surface area contributed by atoms with E-state index in [9.17, 15) is 14.0 Å². The molecule has 1 aliphatic rings. The monoisotopic (exact) mass is 409 g/mol. The Hall–Kier alpha value is -3.35. The molecular formula is C23H24FN3O3. The zero-order valence-electron chi connectivity index (χ0n) is 16.9. The Kier molecular flexibility index (Phi) is 5.44. The fourth-order valence-corrected chi connectivity index (χ4v) is 3.96. The second kappa shape index (κ2) is 8.18. The minimum absolute atomic E-state index is 0.0776. The van der Waals surface area contributed by atoms with Crippen LogP contribution in [0.3, 0.4) is 0 Å². The van der Waals surface area contributed by atoms with E-state index in [1.807, 2.05) is 29.7 Å². The summed E-state index contributed by atoms with van der Waals surface area (Å²) in [6.45, 7) is 7.58. The van der Waals surface area contributed by atoms with E-state index >= 15 is 0 Å². The number of halogens is 1. The molecule has 3 aromatic rings. The molecule has 30 heavy (non-hydrogen) atoms. The summed E-state index contributed by atoms with van der Waals surface area (Å²) in [5, 5.41) is 0.889. The maximum absolute atomic E-state index is 13.3. The van der Waals surface area contributed by atoms with E-state index in [4.69, 9.17) is 4.42 Å². The van der Waals surface area contributed by atoms with Crippen LogP contribution in [0.15, 0.2) is 59.7 Å². The van der Waals surface area contributed by atoms with Gasteiger partial charge in [-0.25, -0.2) is 4.39 Å². The number of nitrogens with zero attached hydrogens (tertiary/aromatic N) is 3. The van der Waals surface area contributed by atoms with E-state index < -0.39 is 0 Å². The van der Waals surface area contributed by atoms with Gasteiger partial charge in [0.25, 0.3) is 11.8 Å². The summed E-state index contributed by atoms with van der Waals surface area (Å²) in [7, 11) is 0. The van der Waals surface area contributed by atoms with Crippen LogP contribution in [0.2, 0.25) is 0 Å². The van der Waals surface area contributed by atoms with Gasteiger partial charge in [-0.05, 0) is 49.7 Å². The van der Waals surface area contributed by atoms with Crippen LogP contribution in [-0.4, -0.2) is 51.9 Å². The number of piperazine rings is 1. The van der Waals surface area contributed by atoms with Gasteiger partial charge in [-0.3, -0.25) is 9.59 Å². The fraction of sp³-hybridized carbons (Fsp3) is 0.304. The number of aromatic nitrogens is 1. The van der Waals surface area contributed by atoms with Gasteiger partial charge in [-0.2, -0.15) is 0 Å². The predicted octanol–water partition coefficient (Wildman–Crippen LogP) is 3.94. The van der Waals surface area contributed by atoms with Crippen molar-refractivity contribution in [3.63, 3.8) is 0 Å². The molecule has 1 saturated heterocycles. The van der Waals surface area contributed by atoms with Gasteiger partial charge in [-0.1, -0.05) is 6.08 Å². The SMILES string of the molecule is C=CCCn1c(C(=O)N2CCN(C(=O)c3ccc(F)cc3)[C@@H](C)C2)cc2ccoc21. The first kappa shape index (κ1) is 19.9. The smallest absolute Gasteiger partial charge is 0.270 e. The second-order valence-electron chi connectivity index (χ2n) is 7.55. The predicted molar refractivity (Wildman–Crippen MR) is 112 cm³/mol. The Morgan fingerprint density at radius 3 is 2.67 bits per heavy atom. The lowest BCUT2D eigenvalue weighted by molar-refractivity contribution is 0.0409. The molecule has 2 aromatic heterocycles. The number of furan rings is 1. The van der Waals surface area contributed by atoms with Gasteiger partial charge in [0, 0.05) is 43.2 Å². The molecule has 0 N–H and O–H groups in total. The quantitative estimate of drug-likeness (QED) is 0.600. The molecule has 3 heterocycles. The summed E-state index contributed by atoms with van der Waals surface area (Å²) in [5.74, 6) is -0.604. The van der Waals surface area contributed by atoms with Crippen LogP contribution in [0.5, 0.6) is 0 Å². The van der Waals surface area contributed by atoms with Crippen molar-refractivity contribution in [3.8, 4) is 0 Å². The third-order valence-electron chi connectivity index (χ3n) is 5.55. The van der Waals surface area contributed by atoms with Gasteiger partial charge in [0.05, 0.1) is 6.26 Å². The Balaban J connectivity index is 1.50. The van der Waals surface area contributed by atoms with Crippen LogP contribution in [-0.2, 0) is 6.54 Å². The highest BCUT2D eigenvalue weighted by Crippen LogP contribution is 2.24. The highest BCUT2D eigenvalue weighted by atomic mass is 19.1. The van der Waals surface area contributed by atoms with Gasteiger partial charge in [0.2, 0.25) is 5.71 Å². The van der Waals surface area contributed by atoms with Gasteiger partial charge in [0.1, 0.15) is 11.5 Å². The van der Waals surface area contributed by atoms with Crippen molar-refractivity contribution >= 4 is 22.9 Å². The average molecular weight is 409 g/mol. The fourth-order valence-electron chi connectivity index (χ4n) is 3.96. The van der Waals surface area contributed by atoms with Crippen molar-refractivity contribution < 1.29 is 18.4 Å². The van der Waals surface area contributed by atoms with Crippen molar-refractivity contribution in [2.24, 2.45) is 0 Å². The lowest BCUT2D eigenvalue weighted by Gasteiger charge is -2.40. The van der Waals surface area contributed by atoms with E-state index in [-0.39, 0.29) is 23.7 Å². The van der Waals surface area contributed by atoms with Crippen LogP contribution in [0.4, 0.5) is 4.39 Å². The first-order chi connectivity index (χ1) is 14.5. The van der Waals surface area contributed by atoms with Crippen molar-refractivity contribution in [3.05, 3.63) is 72.4 Å². The lowest BCUT2D eigenvalue weighted by atomic mass is 10.1. The zero-order chi connectivity index (χ0) is 21.3. The molecule has 0 unspecified atom stereocenters. The van der Waals surface area contributed by atoms with E-state index in [2.05, 4.69) is 6.58 Å². The van der Waals surface area contributed by atoms with Crippen molar-refractivity contribution in [2.75, 3.05) is 19.6 Å². The lowest BCUT2D eigenvalue weighted by Crippen LogP contribution is -2.55. The number of hydrogen-bond acceptors (Lipinski definition) is 3. The van der Waals surface area contributed by atoms with Crippen molar-refractivity contribution in [1.82, 2.24) is 14.4 Å². The highest BCUT2D eigenvalue weighted by molar-refractivity contribution is 5.98. The summed E-state index contributed by atoms with van der Waals surface area (Å²) in [6, 6.07) is 9.09. The maximum atomic E-state index is 13.3. The van der Waals surface area contributed by atoms with Crippen LogP contribution >= 0.6 is 0 Å². The van der Waals surface area contributed by atoms with Gasteiger partial charge < -0.3 is 18.8 Å². The van der Waals surface area contributed by atoms with E-state index in [0.29, 0.717) is 43.1 Å². The summed E-state index contributed by atoms with van der Waals surface area (Å²) in [5.41, 5.74) is 1.71. The summed E-state index contributed by atoms with van der Waals surface area (Å²) >= 11 is 0. The number of carbonyl (C=O) groups excluding carboxylic acids is 2. The van der Waals surface area contributed by atoms with Crippen molar-refractivity contribution in [2.45, 2.75) is 25.9 Å². The zero-order valence-corrected chi connectivity index (χ0v) is 16.9. The Morgan fingerprint density at radius 2 is 1.97 bits per heavy atom. The number of benzene rings is 1. The number of fused-ring (bicyclic) bond motifs is 1. The number of aryl methyl sites for hydroxylation is 1. The van der Waals surface area contributed by atoms with Gasteiger partial charge in [0.15, 0.2) is 0 Å². The minimum Gasteiger partial charge on any atom is -0.448 e. The topological polar surface area (TPSA) is 58.7 Å². The Labute approximate surface area is 174 Å². The molecule has 6 nitrogen and oxygen atoms in total. The Morgan fingerprint density at radius 1 is 1.20 bits per heavy atom. The molecule has 1 aliphatic heterocycles. The first-order valence-corrected chi connectivity index (χ1v) is 10.0. The number of carbonyl (C=O) groups is 2. The molecular weight excluding hydrogens is 385 g/mol. The van der Waals surface area contributed by atoms with E-state index in [1.54, 1.807) is 16.1 Å². The molecule has 0 spiro atoms. The summed E-state index contributed by atoms with van der Waals surface area (Å²) in [4.78, 5) is 29.6. The molecule has 0 saturated carbocycles. The molecule has 1 fully saturated rings. The largest absolute Gasteiger partial charge is 0.448 e. The van der Waals surface area contributed by atoms with E-state index in [1.165, 1.54) is 24.3 Å².